The third kappa shape index (κ3) is 6.04. The van der Waals surface area contributed by atoms with Crippen molar-refractivity contribution in [1.29, 1.82) is 0 Å². The zero-order valence-corrected chi connectivity index (χ0v) is 21.1. The Morgan fingerprint density at radius 3 is 1.74 bits per heavy atom. The predicted molar refractivity (Wildman–Crippen MR) is 138 cm³/mol. The number of phenolic OH excluding ortho intramolecular Hbond substituents is 3. The summed E-state index contributed by atoms with van der Waals surface area (Å²) in [7, 11) is 0. The van der Waals surface area contributed by atoms with Crippen LogP contribution in [0.2, 0.25) is 0 Å². The van der Waals surface area contributed by atoms with Crippen molar-refractivity contribution in [3.8, 4) is 51.6 Å². The van der Waals surface area contributed by atoms with Crippen LogP contribution in [0.15, 0.2) is 78.0 Å². The van der Waals surface area contributed by atoms with Crippen LogP contribution in [0.1, 0.15) is 0 Å². The van der Waals surface area contributed by atoms with E-state index in [0.717, 1.165) is 18.2 Å². The lowest BCUT2D eigenvalue weighted by molar-refractivity contribution is -0.208. The maximum Gasteiger partial charge on any atom is 0.378 e. The van der Waals surface area contributed by atoms with Crippen molar-refractivity contribution >= 4 is 34.8 Å². The molecule has 0 saturated heterocycles. The summed E-state index contributed by atoms with van der Waals surface area (Å²) in [5.41, 5.74) is -2.36. The Bertz CT molecular complexity index is 1730. The molecule has 15 heteroatoms. The largest absolute Gasteiger partial charge is 0.504 e. The van der Waals surface area contributed by atoms with E-state index in [4.69, 9.17) is 23.7 Å². The van der Waals surface area contributed by atoms with E-state index in [1.807, 2.05) is 0 Å². The van der Waals surface area contributed by atoms with E-state index in [1.54, 1.807) is 0 Å². The number of benzene rings is 2. The fraction of sp³-hybridized carbons (Fsp3) is 0. The second kappa shape index (κ2) is 12.6. The third-order valence-corrected chi connectivity index (χ3v) is 4.86. The van der Waals surface area contributed by atoms with E-state index in [0.29, 0.717) is 24.3 Å². The molecular formula is C27H18O15. The molecule has 0 aliphatic carbocycles. The van der Waals surface area contributed by atoms with E-state index in [-0.39, 0.29) is 5.56 Å². The minimum Gasteiger partial charge on any atom is -0.504 e. The van der Waals surface area contributed by atoms with Gasteiger partial charge in [-0.2, -0.15) is 0 Å². The fourth-order valence-electron chi connectivity index (χ4n) is 3.03. The molecular weight excluding hydrogens is 564 g/mol. The van der Waals surface area contributed by atoms with Crippen LogP contribution in [-0.2, 0) is 29.0 Å². The highest BCUT2D eigenvalue weighted by molar-refractivity contribution is 6.00. The second-order valence-corrected chi connectivity index (χ2v) is 7.46. The zero-order valence-electron chi connectivity index (χ0n) is 21.1. The number of hydrogen-bond donors (Lipinski definition) is 3. The molecule has 1 aromatic heterocycles. The SMILES string of the molecule is C=CC(=O)OOc1c(-c2ccc(O)c(O)c2)oc2c(OC(=O)C=C)c(O)c(OC(=O)C=C)c(OOC(=O)C=C)c2c1=O. The molecule has 3 aromatic rings. The van der Waals surface area contributed by atoms with Gasteiger partial charge in [0.15, 0.2) is 22.8 Å². The maximum absolute atomic E-state index is 13.9. The summed E-state index contributed by atoms with van der Waals surface area (Å²) in [4.78, 5) is 80.4. The van der Waals surface area contributed by atoms with Crippen molar-refractivity contribution in [2.24, 2.45) is 0 Å². The van der Waals surface area contributed by atoms with Crippen molar-refractivity contribution in [2.75, 3.05) is 0 Å². The van der Waals surface area contributed by atoms with Crippen LogP contribution in [0.3, 0.4) is 0 Å². The number of carbonyl (C=O) groups is 4. The molecule has 216 valence electrons. The van der Waals surface area contributed by atoms with E-state index in [9.17, 15) is 39.3 Å². The van der Waals surface area contributed by atoms with Crippen molar-refractivity contribution in [2.45, 2.75) is 0 Å². The lowest BCUT2D eigenvalue weighted by Crippen LogP contribution is -2.17. The molecule has 0 amide bonds. The number of fused-ring (bicyclic) bond motifs is 1. The van der Waals surface area contributed by atoms with Crippen molar-refractivity contribution in [3.05, 3.63) is 79.0 Å². The number of ether oxygens (including phenoxy) is 2. The van der Waals surface area contributed by atoms with Gasteiger partial charge < -0.3 is 29.2 Å². The molecule has 0 radical (unpaired) electrons. The first-order valence-electron chi connectivity index (χ1n) is 11.1. The summed E-state index contributed by atoms with van der Waals surface area (Å²) in [6, 6.07) is 3.02. The molecule has 0 spiro atoms. The van der Waals surface area contributed by atoms with Gasteiger partial charge in [-0.15, -0.1) is 0 Å². The first-order chi connectivity index (χ1) is 20.0. The number of carbonyl (C=O) groups excluding carboxylic acids is 4. The van der Waals surface area contributed by atoms with E-state index in [1.165, 1.54) is 0 Å². The quantitative estimate of drug-likeness (QED) is 0.0740. The van der Waals surface area contributed by atoms with Gasteiger partial charge in [-0.25, -0.2) is 29.0 Å². The lowest BCUT2D eigenvalue weighted by Gasteiger charge is -2.17. The Morgan fingerprint density at radius 1 is 0.690 bits per heavy atom. The van der Waals surface area contributed by atoms with E-state index < -0.39 is 86.3 Å². The normalized spacial score (nSPS) is 10.1. The average molecular weight is 582 g/mol. The van der Waals surface area contributed by atoms with E-state index >= 15 is 0 Å². The van der Waals surface area contributed by atoms with Crippen LogP contribution in [0, 0.1) is 0 Å². The van der Waals surface area contributed by atoms with Crippen molar-refractivity contribution in [3.63, 3.8) is 0 Å². The molecule has 0 fully saturated rings. The summed E-state index contributed by atoms with van der Waals surface area (Å²) in [5, 5.41) is 29.8. The molecule has 0 unspecified atom stereocenters. The van der Waals surface area contributed by atoms with Crippen molar-refractivity contribution in [1.82, 2.24) is 0 Å². The highest BCUT2D eigenvalue weighted by Gasteiger charge is 2.34. The van der Waals surface area contributed by atoms with Gasteiger partial charge >= 0.3 is 23.9 Å². The smallest absolute Gasteiger partial charge is 0.378 e. The minimum atomic E-state index is -1.34. The van der Waals surface area contributed by atoms with Crippen LogP contribution in [0.4, 0.5) is 0 Å². The van der Waals surface area contributed by atoms with Gasteiger partial charge in [-0.1, -0.05) is 26.3 Å². The van der Waals surface area contributed by atoms with Crippen LogP contribution in [0.25, 0.3) is 22.3 Å². The monoisotopic (exact) mass is 582 g/mol. The molecule has 2 aromatic carbocycles. The van der Waals surface area contributed by atoms with Crippen LogP contribution in [-0.4, -0.2) is 39.2 Å². The van der Waals surface area contributed by atoms with Crippen LogP contribution < -0.4 is 24.7 Å². The molecule has 42 heavy (non-hydrogen) atoms. The number of rotatable bonds is 11. The highest BCUT2D eigenvalue weighted by Crippen LogP contribution is 2.52. The Hall–Kier alpha value is -6.51. The number of hydrogen-bond acceptors (Lipinski definition) is 15. The molecule has 0 aliphatic heterocycles. The molecule has 0 bridgehead atoms. The van der Waals surface area contributed by atoms with Gasteiger partial charge in [0, 0.05) is 29.9 Å². The Labute approximate surface area is 233 Å². The van der Waals surface area contributed by atoms with Gasteiger partial charge in [0.1, 0.15) is 5.39 Å². The Kier molecular flexibility index (Phi) is 8.98. The molecule has 3 rings (SSSR count). The summed E-state index contributed by atoms with van der Waals surface area (Å²) < 4.78 is 15.7. The average Bonchev–Trinajstić information content (AvgIpc) is 2.98. The topological polar surface area (TPSA) is 215 Å². The lowest BCUT2D eigenvalue weighted by atomic mass is 10.1. The van der Waals surface area contributed by atoms with Crippen LogP contribution in [0.5, 0.6) is 40.2 Å². The molecule has 3 N–H and O–H groups in total. The van der Waals surface area contributed by atoms with E-state index in [2.05, 4.69) is 36.1 Å². The fourth-order valence-corrected chi connectivity index (χ4v) is 3.03. The Balaban J connectivity index is 2.57. The number of esters is 2. The highest BCUT2D eigenvalue weighted by atomic mass is 17.2. The Morgan fingerprint density at radius 2 is 1.21 bits per heavy atom. The standard InChI is InChI=1S/C27H18O15/c1-5-15(30)36-25-21(35)26(37-16(31)6-2)24(41-39-17(32)7-3)19-20(34)27(42-40-18(33)8-4)22(38-23(19)25)12-9-10-13(28)14(29)11-12/h5-11,28-29,35H,1-4H2. The van der Waals surface area contributed by atoms with Gasteiger partial charge in [0.25, 0.3) is 5.75 Å². The first-order valence-corrected chi connectivity index (χ1v) is 11.1. The number of phenols is 3. The molecule has 0 aliphatic rings. The minimum absolute atomic E-state index is 0.197. The summed E-state index contributed by atoms with van der Waals surface area (Å²) in [6.07, 6.45) is 2.64. The predicted octanol–water partition coefficient (Wildman–Crippen LogP) is 2.81. The first kappa shape index (κ1) is 30.0. The van der Waals surface area contributed by atoms with Gasteiger partial charge in [-0.05, 0) is 18.2 Å². The summed E-state index contributed by atoms with van der Waals surface area (Å²) >= 11 is 0. The summed E-state index contributed by atoms with van der Waals surface area (Å²) in [6.45, 7) is 12.8. The second-order valence-electron chi connectivity index (χ2n) is 7.46. The molecule has 1 heterocycles. The van der Waals surface area contributed by atoms with Crippen molar-refractivity contribution < 1.29 is 67.9 Å². The molecule has 0 atom stereocenters. The van der Waals surface area contributed by atoms with Crippen LogP contribution >= 0.6 is 0 Å². The zero-order chi connectivity index (χ0) is 31.1. The van der Waals surface area contributed by atoms with Gasteiger partial charge in [0.2, 0.25) is 28.4 Å². The third-order valence-electron chi connectivity index (χ3n) is 4.86. The number of aromatic hydroxyl groups is 3. The maximum atomic E-state index is 13.9. The van der Waals surface area contributed by atoms with Gasteiger partial charge in [-0.3, -0.25) is 14.6 Å². The summed E-state index contributed by atoms with van der Waals surface area (Å²) in [5.74, 6) is -11.9. The molecule has 0 saturated carbocycles. The van der Waals surface area contributed by atoms with Gasteiger partial charge in [0.05, 0.1) is 0 Å². The molecule has 15 nitrogen and oxygen atoms in total.